The van der Waals surface area contributed by atoms with Gasteiger partial charge in [-0.05, 0) is 12.8 Å². The molecule has 1 aromatic carbocycles. The van der Waals surface area contributed by atoms with Crippen LogP contribution < -0.4 is 12.4 Å². The summed E-state index contributed by atoms with van der Waals surface area (Å²) in [5, 5.41) is 0. The van der Waals surface area contributed by atoms with Gasteiger partial charge in [0.1, 0.15) is 0 Å². The largest absolute Gasteiger partial charge is 2.00 e. The minimum atomic E-state index is 0. The van der Waals surface area contributed by atoms with Gasteiger partial charge in [0.25, 0.3) is 0 Å². The third-order valence-electron chi connectivity index (χ3n) is 1.67. The van der Waals surface area contributed by atoms with Crippen LogP contribution in [0, 0.1) is 6.92 Å². The first-order valence-electron chi connectivity index (χ1n) is 4.34. The molecule has 0 bridgehead atoms. The summed E-state index contributed by atoms with van der Waals surface area (Å²) < 4.78 is 4.94. The van der Waals surface area contributed by atoms with Gasteiger partial charge in [-0.15, -0.1) is 12.1 Å². The Hall–Kier alpha value is -0.0366. The predicted octanol–water partition coefficient (Wildman–Crippen LogP) is -0.333. The molecule has 0 atom stereocenters. The maximum atomic E-state index is 4.94. The summed E-state index contributed by atoms with van der Waals surface area (Å²) >= 11 is 0. The van der Waals surface area contributed by atoms with E-state index in [1.54, 1.807) is 0 Å². The van der Waals surface area contributed by atoms with E-state index in [2.05, 4.69) is 6.92 Å². The van der Waals surface area contributed by atoms with Crippen molar-refractivity contribution in [2.45, 2.75) is 12.8 Å². The summed E-state index contributed by atoms with van der Waals surface area (Å²) in [7, 11) is 0. The van der Waals surface area contributed by atoms with Crippen LogP contribution in [0.25, 0.3) is 0 Å². The van der Waals surface area contributed by atoms with Crippen LogP contribution in [-0.2, 0) is 24.2 Å². The average Bonchev–Trinajstić information content (AvgIpc) is 2.62. The van der Waals surface area contributed by atoms with E-state index in [0.29, 0.717) is 0 Å². The second kappa shape index (κ2) is 11.0. The summed E-state index contributed by atoms with van der Waals surface area (Å²) in [5.41, 5.74) is 1.07. The van der Waals surface area contributed by atoms with Crippen LogP contribution in [0.15, 0.2) is 30.3 Å². The Bertz CT molecular complexity index is 192. The standard InChI is InChI=1S/C7H7.C4H8O.ClH.Zn/c1-7-5-3-2-4-6-7;1-2-4-5-3-1;;/h2-6H,1H2;1-4H2;1H;/q-1;;;+2/p-1. The van der Waals surface area contributed by atoms with Crippen molar-refractivity contribution in [2.24, 2.45) is 0 Å². The van der Waals surface area contributed by atoms with Gasteiger partial charge in [-0.3, -0.25) is 0 Å². The van der Waals surface area contributed by atoms with Crippen molar-refractivity contribution >= 4 is 0 Å². The van der Waals surface area contributed by atoms with Crippen molar-refractivity contribution in [3.8, 4) is 0 Å². The van der Waals surface area contributed by atoms with Crippen molar-refractivity contribution in [2.75, 3.05) is 13.2 Å². The van der Waals surface area contributed by atoms with E-state index < -0.39 is 0 Å². The van der Waals surface area contributed by atoms with E-state index in [0.717, 1.165) is 18.8 Å². The number of hydrogen-bond acceptors (Lipinski definition) is 1. The first kappa shape index (κ1) is 16.4. The van der Waals surface area contributed by atoms with E-state index >= 15 is 0 Å². The minimum absolute atomic E-state index is 0. The minimum Gasteiger partial charge on any atom is -1.00 e. The number of halogens is 1. The number of hydrogen-bond donors (Lipinski definition) is 0. The zero-order valence-corrected chi connectivity index (χ0v) is 12.1. The molecule has 2 rings (SSSR count). The number of ether oxygens (including phenoxy) is 1. The maximum absolute atomic E-state index is 4.94. The van der Waals surface area contributed by atoms with E-state index in [9.17, 15) is 0 Å². The summed E-state index contributed by atoms with van der Waals surface area (Å²) in [6.45, 7) is 5.72. The molecule has 0 aromatic heterocycles. The molecule has 1 aliphatic rings. The van der Waals surface area contributed by atoms with Gasteiger partial charge in [0.2, 0.25) is 0 Å². The van der Waals surface area contributed by atoms with Crippen LogP contribution in [-0.4, -0.2) is 13.2 Å². The molecule has 1 aliphatic heterocycles. The molecule has 74 valence electrons. The first-order chi connectivity index (χ1) is 5.89. The summed E-state index contributed by atoms with van der Waals surface area (Å²) in [4.78, 5) is 0. The Morgan fingerprint density at radius 2 is 1.50 bits per heavy atom. The second-order valence-corrected chi connectivity index (χ2v) is 2.81. The SMILES string of the molecule is C1CCOC1.[CH2-]c1ccccc1.[Cl-].[Zn+2]. The third-order valence-corrected chi connectivity index (χ3v) is 1.67. The molecular weight excluding hydrogens is 249 g/mol. The quantitative estimate of drug-likeness (QED) is 0.460. The summed E-state index contributed by atoms with van der Waals surface area (Å²) in [5.74, 6) is 0. The van der Waals surface area contributed by atoms with Crippen LogP contribution in [0.2, 0.25) is 0 Å². The van der Waals surface area contributed by atoms with Gasteiger partial charge in [0.05, 0.1) is 0 Å². The normalized spacial score (nSPS) is 12.9. The fraction of sp³-hybridized carbons (Fsp3) is 0.364. The maximum Gasteiger partial charge on any atom is 2.00 e. The fourth-order valence-corrected chi connectivity index (χ4v) is 0.988. The van der Waals surface area contributed by atoms with Crippen LogP contribution in [0.1, 0.15) is 18.4 Å². The van der Waals surface area contributed by atoms with Crippen molar-refractivity contribution in [1.82, 2.24) is 0 Å². The Kier molecular flexibility index (Phi) is 12.9. The Morgan fingerprint density at radius 1 is 1.00 bits per heavy atom. The Morgan fingerprint density at radius 3 is 1.71 bits per heavy atom. The van der Waals surface area contributed by atoms with Gasteiger partial charge in [-0.1, -0.05) is 6.07 Å². The third kappa shape index (κ3) is 8.56. The molecule has 3 heteroatoms. The zero-order chi connectivity index (χ0) is 8.65. The monoisotopic (exact) mass is 262 g/mol. The molecule has 0 N–H and O–H groups in total. The molecule has 1 aromatic rings. The van der Waals surface area contributed by atoms with E-state index in [-0.39, 0.29) is 31.9 Å². The van der Waals surface area contributed by atoms with E-state index in [1.165, 1.54) is 12.8 Å². The molecule has 1 nitrogen and oxygen atoms in total. The Labute approximate surface area is 105 Å². The summed E-state index contributed by atoms with van der Waals surface area (Å²) in [6.07, 6.45) is 2.56. The smallest absolute Gasteiger partial charge is 1.00 e. The van der Waals surface area contributed by atoms with Crippen molar-refractivity contribution in [3.63, 3.8) is 0 Å². The molecule has 0 amide bonds. The van der Waals surface area contributed by atoms with Gasteiger partial charge >= 0.3 is 19.5 Å². The molecule has 1 saturated heterocycles. The molecule has 1 heterocycles. The molecule has 0 radical (unpaired) electrons. The van der Waals surface area contributed by atoms with Gasteiger partial charge in [0, 0.05) is 13.2 Å². The number of benzene rings is 1. The Balaban J connectivity index is 0. The van der Waals surface area contributed by atoms with E-state index in [1.807, 2.05) is 30.3 Å². The van der Waals surface area contributed by atoms with Crippen molar-refractivity contribution in [1.29, 1.82) is 0 Å². The second-order valence-electron chi connectivity index (χ2n) is 2.81. The van der Waals surface area contributed by atoms with Crippen LogP contribution in [0.3, 0.4) is 0 Å². The number of rotatable bonds is 0. The van der Waals surface area contributed by atoms with Crippen LogP contribution in [0.5, 0.6) is 0 Å². The van der Waals surface area contributed by atoms with Crippen LogP contribution in [0.4, 0.5) is 0 Å². The van der Waals surface area contributed by atoms with E-state index in [4.69, 9.17) is 4.74 Å². The predicted molar refractivity (Wildman–Crippen MR) is 51.0 cm³/mol. The molecule has 0 aliphatic carbocycles. The fourth-order valence-electron chi connectivity index (χ4n) is 0.988. The topological polar surface area (TPSA) is 9.23 Å². The van der Waals surface area contributed by atoms with Crippen molar-refractivity contribution in [3.05, 3.63) is 42.8 Å². The van der Waals surface area contributed by atoms with Gasteiger partial charge in [-0.25, -0.2) is 0 Å². The summed E-state index contributed by atoms with van der Waals surface area (Å²) in [6, 6.07) is 9.87. The average molecular weight is 264 g/mol. The van der Waals surface area contributed by atoms with Crippen LogP contribution >= 0.6 is 0 Å². The van der Waals surface area contributed by atoms with Crippen molar-refractivity contribution < 1.29 is 36.6 Å². The van der Waals surface area contributed by atoms with Gasteiger partial charge in [-0.2, -0.15) is 24.6 Å². The first-order valence-corrected chi connectivity index (χ1v) is 4.34. The molecule has 14 heavy (non-hydrogen) atoms. The van der Waals surface area contributed by atoms with Gasteiger partial charge < -0.3 is 17.1 Å². The molecular formula is C11H15ClOZn. The molecule has 0 unspecified atom stereocenters. The zero-order valence-electron chi connectivity index (χ0n) is 8.42. The molecule has 0 spiro atoms. The molecule has 0 saturated carbocycles. The molecule has 1 fully saturated rings. The van der Waals surface area contributed by atoms with Gasteiger partial charge in [0.15, 0.2) is 0 Å².